The van der Waals surface area contributed by atoms with Crippen molar-refractivity contribution in [1.29, 1.82) is 0 Å². The number of fused-ring (bicyclic) bond motifs is 5. The van der Waals surface area contributed by atoms with Crippen LogP contribution in [0, 0.1) is 0 Å². The first-order valence-corrected chi connectivity index (χ1v) is 11.3. The van der Waals surface area contributed by atoms with Crippen molar-refractivity contribution < 1.29 is 22.7 Å². The average molecular weight is 471 g/mol. The number of nitrogens with one attached hydrogen (secondary N) is 1. The maximum atomic E-state index is 13.7. The molecule has 0 radical (unpaired) electrons. The molecule has 34 heavy (non-hydrogen) atoms. The number of carbonyl (C=O) groups is 1. The van der Waals surface area contributed by atoms with E-state index in [0.717, 1.165) is 12.5 Å². The first-order chi connectivity index (χ1) is 16.2. The molecule has 2 aliphatic heterocycles. The van der Waals surface area contributed by atoms with Gasteiger partial charge in [0.1, 0.15) is 23.2 Å². The van der Waals surface area contributed by atoms with Crippen LogP contribution in [0.1, 0.15) is 62.0 Å². The van der Waals surface area contributed by atoms with E-state index >= 15 is 0 Å². The fourth-order valence-electron chi connectivity index (χ4n) is 4.44. The molecule has 2 aliphatic rings. The molecule has 0 aliphatic carbocycles. The molecule has 2 atom stereocenters. The first-order valence-electron chi connectivity index (χ1n) is 11.3. The maximum Gasteiger partial charge on any atom is 0.419 e. The Morgan fingerprint density at radius 2 is 2.03 bits per heavy atom. The third-order valence-corrected chi connectivity index (χ3v) is 6.34. The highest BCUT2D eigenvalue weighted by molar-refractivity contribution is 5.98. The third-order valence-electron chi connectivity index (χ3n) is 6.34. The Kier molecular flexibility index (Phi) is 5.53. The molecule has 2 bridgehead atoms. The van der Waals surface area contributed by atoms with Gasteiger partial charge in [0.25, 0.3) is 0 Å². The second kappa shape index (κ2) is 8.41. The zero-order chi connectivity index (χ0) is 24.0. The molecular formula is C24H24F3N5O2. The number of para-hydroxylation sites is 1. The van der Waals surface area contributed by atoms with E-state index in [1.807, 2.05) is 6.92 Å². The van der Waals surface area contributed by atoms with Gasteiger partial charge in [-0.3, -0.25) is 9.69 Å². The van der Waals surface area contributed by atoms with E-state index in [-0.39, 0.29) is 24.2 Å². The zero-order valence-electron chi connectivity index (χ0n) is 18.8. The maximum absolute atomic E-state index is 13.7. The Balaban J connectivity index is 1.64. The van der Waals surface area contributed by atoms with Crippen molar-refractivity contribution in [3.63, 3.8) is 0 Å². The van der Waals surface area contributed by atoms with Gasteiger partial charge >= 0.3 is 6.18 Å². The van der Waals surface area contributed by atoms with Crippen molar-refractivity contribution in [2.75, 3.05) is 23.4 Å². The van der Waals surface area contributed by atoms with Crippen LogP contribution in [0.2, 0.25) is 0 Å². The zero-order valence-corrected chi connectivity index (χ0v) is 18.8. The number of amides is 1. The normalized spacial score (nSPS) is 21.0. The molecule has 1 saturated heterocycles. The van der Waals surface area contributed by atoms with Crippen LogP contribution in [0.25, 0.3) is 10.9 Å². The van der Waals surface area contributed by atoms with E-state index < -0.39 is 17.8 Å². The van der Waals surface area contributed by atoms with E-state index in [2.05, 4.69) is 15.3 Å². The predicted octanol–water partition coefficient (Wildman–Crippen LogP) is 5.23. The number of alkyl halides is 3. The molecule has 0 unspecified atom stereocenters. The monoisotopic (exact) mass is 471 g/mol. The predicted molar refractivity (Wildman–Crippen MR) is 121 cm³/mol. The number of ether oxygens (including phenoxy) is 1. The molecule has 1 fully saturated rings. The van der Waals surface area contributed by atoms with Gasteiger partial charge in [-0.25, -0.2) is 15.0 Å². The third kappa shape index (κ3) is 4.01. The summed E-state index contributed by atoms with van der Waals surface area (Å²) >= 11 is 0. The van der Waals surface area contributed by atoms with Crippen LogP contribution in [-0.4, -0.2) is 34.0 Å². The van der Waals surface area contributed by atoms with E-state index in [9.17, 15) is 18.0 Å². The van der Waals surface area contributed by atoms with Gasteiger partial charge in [0.05, 0.1) is 29.9 Å². The van der Waals surface area contributed by atoms with Crippen LogP contribution >= 0.6 is 0 Å². The minimum atomic E-state index is -4.54. The van der Waals surface area contributed by atoms with E-state index in [0.29, 0.717) is 53.3 Å². The molecule has 0 saturated carbocycles. The summed E-state index contributed by atoms with van der Waals surface area (Å²) in [6, 6.07) is 5.28. The smallest absolute Gasteiger partial charge is 0.419 e. The van der Waals surface area contributed by atoms with Gasteiger partial charge in [-0.05, 0) is 31.9 Å². The standard InChI is InChI=1S/C24H24F3N5O2/c1-13-8-10-34-21-15(5-3-6-17(21)24(25,26)27)14(2)29-23-16-11-19(32-9-4-7-20(32)33)28-12-18(16)30-22(13)31-23/h3,5-6,11-14H,4,7-10H2,1-2H3,(H,29,30,31)/t13-,14-/m1/s1. The molecule has 4 heterocycles. The Morgan fingerprint density at radius 1 is 1.21 bits per heavy atom. The Morgan fingerprint density at radius 3 is 2.76 bits per heavy atom. The number of nitrogens with zero attached hydrogens (tertiary/aromatic N) is 4. The van der Waals surface area contributed by atoms with Gasteiger partial charge in [0, 0.05) is 29.8 Å². The molecule has 1 N–H and O–H groups in total. The highest BCUT2D eigenvalue weighted by Crippen LogP contribution is 2.42. The highest BCUT2D eigenvalue weighted by Gasteiger charge is 2.36. The Hall–Kier alpha value is -3.43. The van der Waals surface area contributed by atoms with Gasteiger partial charge in [-0.15, -0.1) is 0 Å². The van der Waals surface area contributed by atoms with Crippen LogP contribution in [0.4, 0.5) is 24.8 Å². The summed E-state index contributed by atoms with van der Waals surface area (Å²) in [7, 11) is 0. The van der Waals surface area contributed by atoms with Gasteiger partial charge in [0.15, 0.2) is 0 Å². The number of hydrogen-bond acceptors (Lipinski definition) is 6. The minimum Gasteiger partial charge on any atom is -0.493 e. The van der Waals surface area contributed by atoms with Crippen molar-refractivity contribution in [3.8, 4) is 5.75 Å². The van der Waals surface area contributed by atoms with Gasteiger partial charge in [-0.1, -0.05) is 19.1 Å². The van der Waals surface area contributed by atoms with E-state index in [1.54, 1.807) is 30.2 Å². The summed E-state index contributed by atoms with van der Waals surface area (Å²) < 4.78 is 46.9. The number of benzene rings is 1. The van der Waals surface area contributed by atoms with Crippen molar-refractivity contribution >= 4 is 28.4 Å². The second-order valence-electron chi connectivity index (χ2n) is 8.76. The van der Waals surface area contributed by atoms with E-state index in [1.165, 1.54) is 6.07 Å². The Bertz CT molecular complexity index is 1260. The van der Waals surface area contributed by atoms with Crippen molar-refractivity contribution in [1.82, 2.24) is 15.0 Å². The average Bonchev–Trinajstić information content (AvgIpc) is 3.22. The second-order valence-corrected chi connectivity index (χ2v) is 8.76. The lowest BCUT2D eigenvalue weighted by molar-refractivity contribution is -0.139. The molecule has 5 rings (SSSR count). The highest BCUT2D eigenvalue weighted by atomic mass is 19.4. The molecule has 1 amide bonds. The molecule has 1 aromatic carbocycles. The van der Waals surface area contributed by atoms with Gasteiger partial charge in [-0.2, -0.15) is 13.2 Å². The van der Waals surface area contributed by atoms with Crippen LogP contribution in [0.3, 0.4) is 0 Å². The number of aromatic nitrogens is 3. The summed E-state index contributed by atoms with van der Waals surface area (Å²) in [4.78, 5) is 27.7. The van der Waals surface area contributed by atoms with Crippen molar-refractivity contribution in [2.45, 2.75) is 51.2 Å². The fraction of sp³-hybridized carbons (Fsp3) is 0.417. The van der Waals surface area contributed by atoms with Crippen LogP contribution in [-0.2, 0) is 11.0 Å². The largest absolute Gasteiger partial charge is 0.493 e. The number of carbonyl (C=O) groups excluding carboxylic acids is 1. The van der Waals surface area contributed by atoms with E-state index in [4.69, 9.17) is 9.72 Å². The molecule has 10 heteroatoms. The quantitative estimate of drug-likeness (QED) is 0.524. The Labute approximate surface area is 194 Å². The molecule has 2 aromatic heterocycles. The van der Waals surface area contributed by atoms with Gasteiger partial charge in [0.2, 0.25) is 5.91 Å². The summed E-state index contributed by atoms with van der Waals surface area (Å²) in [5.41, 5.74) is 0.195. The fourth-order valence-corrected chi connectivity index (χ4v) is 4.44. The summed E-state index contributed by atoms with van der Waals surface area (Å²) in [5, 5.41) is 3.93. The number of halogens is 3. The lowest BCUT2D eigenvalue weighted by Gasteiger charge is -2.22. The lowest BCUT2D eigenvalue weighted by Crippen LogP contribution is -2.24. The number of anilines is 2. The summed E-state index contributed by atoms with van der Waals surface area (Å²) in [6.07, 6.45) is -1.22. The number of pyridine rings is 1. The number of rotatable bonds is 1. The first kappa shape index (κ1) is 22.4. The molecule has 7 nitrogen and oxygen atoms in total. The summed E-state index contributed by atoms with van der Waals surface area (Å²) in [5.74, 6) is 1.25. The molecule has 3 aromatic rings. The summed E-state index contributed by atoms with van der Waals surface area (Å²) in [6.45, 7) is 4.37. The van der Waals surface area contributed by atoms with Gasteiger partial charge < -0.3 is 10.1 Å². The molecule has 0 spiro atoms. The molecular weight excluding hydrogens is 447 g/mol. The van der Waals surface area contributed by atoms with Crippen LogP contribution < -0.4 is 15.0 Å². The topological polar surface area (TPSA) is 80.2 Å². The van der Waals surface area contributed by atoms with Crippen LogP contribution in [0.5, 0.6) is 5.75 Å². The SMILES string of the molecule is C[C@@H]1CCOc2c(cccc2C(F)(F)F)[C@@H](C)Nc2nc1nc1cnc(N3CCCC3=O)cc21. The van der Waals surface area contributed by atoms with Crippen LogP contribution in [0.15, 0.2) is 30.5 Å². The molecule has 178 valence electrons. The lowest BCUT2D eigenvalue weighted by atomic mass is 10.0. The number of hydrogen-bond donors (Lipinski definition) is 1. The van der Waals surface area contributed by atoms with Crippen molar-refractivity contribution in [2.24, 2.45) is 0 Å². The van der Waals surface area contributed by atoms with Crippen molar-refractivity contribution in [3.05, 3.63) is 47.4 Å². The minimum absolute atomic E-state index is 0.0116.